The second kappa shape index (κ2) is 5.72. The Bertz CT molecular complexity index is 415. The highest BCUT2D eigenvalue weighted by atomic mass is 127. The predicted molar refractivity (Wildman–Crippen MR) is 62.6 cm³/mol. The van der Waals surface area contributed by atoms with Gasteiger partial charge in [-0.3, -0.25) is 4.79 Å². The second-order valence-electron chi connectivity index (χ2n) is 2.84. The largest absolute Gasteiger partial charge is 0.469 e. The Labute approximate surface area is 109 Å². The average Bonchev–Trinajstić information content (AvgIpc) is 2.20. The van der Waals surface area contributed by atoms with Crippen molar-refractivity contribution in [3.8, 4) is 0 Å². The van der Waals surface area contributed by atoms with Crippen molar-refractivity contribution in [3.05, 3.63) is 26.0 Å². The summed E-state index contributed by atoms with van der Waals surface area (Å²) in [6.07, 6.45) is -3.01. The van der Waals surface area contributed by atoms with Crippen LogP contribution in [0.15, 0.2) is 6.07 Å². The third kappa shape index (κ3) is 3.24. The predicted octanol–water partition coefficient (Wildman–Crippen LogP) is 2.99. The normalized spacial score (nSPS) is 10.6. The number of hydrogen-bond acceptors (Lipinski definition) is 3. The van der Waals surface area contributed by atoms with Gasteiger partial charge in [0.05, 0.1) is 13.5 Å². The molecule has 88 valence electrons. The van der Waals surface area contributed by atoms with Crippen molar-refractivity contribution < 1.29 is 18.3 Å². The van der Waals surface area contributed by atoms with Crippen LogP contribution in [0, 0.1) is 3.57 Å². The minimum atomic E-state index is -2.77. The average molecular weight is 362 g/mol. The van der Waals surface area contributed by atoms with Crippen LogP contribution in [0.3, 0.4) is 0 Å². The number of ether oxygens (including phenoxy) is 1. The van der Waals surface area contributed by atoms with E-state index in [-0.39, 0.29) is 17.1 Å². The molecule has 0 bridgehead atoms. The second-order valence-corrected chi connectivity index (χ2v) is 4.39. The molecule has 1 heterocycles. The quantitative estimate of drug-likeness (QED) is 0.472. The van der Waals surface area contributed by atoms with Crippen LogP contribution in [-0.4, -0.2) is 18.1 Å². The summed E-state index contributed by atoms with van der Waals surface area (Å²) in [4.78, 5) is 14.6. The van der Waals surface area contributed by atoms with E-state index < -0.39 is 18.1 Å². The van der Waals surface area contributed by atoms with Crippen LogP contribution < -0.4 is 0 Å². The van der Waals surface area contributed by atoms with Gasteiger partial charge in [0.2, 0.25) is 0 Å². The van der Waals surface area contributed by atoms with E-state index in [0.29, 0.717) is 3.57 Å². The number of halogens is 4. The van der Waals surface area contributed by atoms with E-state index in [0.717, 1.165) is 0 Å². The smallest absolute Gasteiger partial charge is 0.310 e. The summed E-state index contributed by atoms with van der Waals surface area (Å²) >= 11 is 7.40. The molecule has 0 aliphatic heterocycles. The molecule has 0 aliphatic rings. The lowest BCUT2D eigenvalue weighted by Gasteiger charge is -2.09. The van der Waals surface area contributed by atoms with E-state index in [9.17, 15) is 13.6 Å². The summed E-state index contributed by atoms with van der Waals surface area (Å²) in [6.45, 7) is 0. The zero-order valence-corrected chi connectivity index (χ0v) is 11.1. The van der Waals surface area contributed by atoms with Crippen LogP contribution in [0.25, 0.3) is 0 Å². The molecule has 0 radical (unpaired) electrons. The lowest BCUT2D eigenvalue weighted by Crippen LogP contribution is -2.10. The van der Waals surface area contributed by atoms with Gasteiger partial charge in [-0.05, 0) is 28.7 Å². The molecule has 0 unspecified atom stereocenters. The number of nitrogens with zero attached hydrogens (tertiary/aromatic N) is 1. The number of esters is 1. The van der Waals surface area contributed by atoms with Crippen LogP contribution in [0.5, 0.6) is 0 Å². The minimum Gasteiger partial charge on any atom is -0.469 e. The van der Waals surface area contributed by atoms with Gasteiger partial charge in [-0.15, -0.1) is 0 Å². The molecular weight excluding hydrogens is 354 g/mol. The zero-order valence-electron chi connectivity index (χ0n) is 8.14. The Hall–Kier alpha value is -0.500. The zero-order chi connectivity index (χ0) is 12.3. The van der Waals surface area contributed by atoms with Gasteiger partial charge < -0.3 is 4.74 Å². The molecule has 7 heteroatoms. The highest BCUT2D eigenvalue weighted by molar-refractivity contribution is 14.1. The van der Waals surface area contributed by atoms with Crippen molar-refractivity contribution in [2.24, 2.45) is 0 Å². The van der Waals surface area contributed by atoms with Crippen molar-refractivity contribution in [1.29, 1.82) is 0 Å². The highest BCUT2D eigenvalue weighted by Crippen LogP contribution is 2.27. The Balaban J connectivity index is 3.19. The number of hydrogen-bond donors (Lipinski definition) is 0. The summed E-state index contributed by atoms with van der Waals surface area (Å²) in [5.41, 5.74) is -0.311. The topological polar surface area (TPSA) is 39.2 Å². The Kier molecular flexibility index (Phi) is 4.85. The maximum atomic E-state index is 12.7. The summed E-state index contributed by atoms with van der Waals surface area (Å²) in [6, 6.07) is 1.42. The maximum absolute atomic E-state index is 12.7. The van der Waals surface area contributed by atoms with Crippen molar-refractivity contribution in [2.75, 3.05) is 7.11 Å². The van der Waals surface area contributed by atoms with Gasteiger partial charge in [0.1, 0.15) is 10.8 Å². The van der Waals surface area contributed by atoms with Gasteiger partial charge in [0.15, 0.2) is 0 Å². The molecule has 0 fully saturated rings. The van der Waals surface area contributed by atoms with Gasteiger partial charge in [-0.2, -0.15) is 0 Å². The first kappa shape index (κ1) is 13.6. The fourth-order valence-electron chi connectivity index (χ4n) is 1.10. The van der Waals surface area contributed by atoms with Gasteiger partial charge in [0.25, 0.3) is 6.43 Å². The molecule has 0 aromatic carbocycles. The lowest BCUT2D eigenvalue weighted by atomic mass is 10.1. The van der Waals surface area contributed by atoms with Gasteiger partial charge in [-0.1, -0.05) is 11.6 Å². The van der Waals surface area contributed by atoms with E-state index in [2.05, 4.69) is 9.72 Å². The number of methoxy groups -OCH3 is 1. The molecule has 16 heavy (non-hydrogen) atoms. The van der Waals surface area contributed by atoms with Gasteiger partial charge in [0, 0.05) is 9.13 Å². The first-order valence-electron chi connectivity index (χ1n) is 4.15. The number of carbonyl (C=O) groups excluding carboxylic acids is 1. The number of aromatic nitrogens is 1. The number of rotatable bonds is 3. The van der Waals surface area contributed by atoms with Crippen LogP contribution in [0.2, 0.25) is 5.15 Å². The molecule has 0 N–H and O–H groups in total. The molecule has 1 rings (SSSR count). The van der Waals surface area contributed by atoms with Crippen molar-refractivity contribution in [2.45, 2.75) is 12.8 Å². The summed E-state index contributed by atoms with van der Waals surface area (Å²) < 4.78 is 30.2. The van der Waals surface area contributed by atoms with E-state index in [1.807, 2.05) is 22.6 Å². The van der Waals surface area contributed by atoms with Crippen LogP contribution in [0.4, 0.5) is 8.78 Å². The molecule has 3 nitrogen and oxygen atoms in total. The fourth-order valence-corrected chi connectivity index (χ4v) is 2.25. The third-order valence-corrected chi connectivity index (χ3v) is 2.98. The van der Waals surface area contributed by atoms with E-state index >= 15 is 0 Å². The monoisotopic (exact) mass is 361 g/mol. The molecule has 1 aromatic heterocycles. The van der Waals surface area contributed by atoms with E-state index in [1.165, 1.54) is 13.2 Å². The van der Waals surface area contributed by atoms with Gasteiger partial charge in [-0.25, -0.2) is 13.8 Å². The van der Waals surface area contributed by atoms with Gasteiger partial charge >= 0.3 is 5.97 Å². The number of carbonyl (C=O) groups is 1. The Morgan fingerprint density at radius 1 is 1.69 bits per heavy atom. The minimum absolute atomic E-state index is 0.0201. The molecule has 1 aromatic rings. The molecular formula is C9H7ClF2INO2. The summed E-state index contributed by atoms with van der Waals surface area (Å²) in [5.74, 6) is -0.594. The van der Waals surface area contributed by atoms with E-state index in [4.69, 9.17) is 11.6 Å². The molecule has 0 saturated carbocycles. The highest BCUT2D eigenvalue weighted by Gasteiger charge is 2.20. The first-order chi connectivity index (χ1) is 7.45. The maximum Gasteiger partial charge on any atom is 0.310 e. The molecule has 0 aliphatic carbocycles. The molecule has 0 atom stereocenters. The first-order valence-corrected chi connectivity index (χ1v) is 5.61. The SMILES string of the molecule is COC(=O)Cc1c(I)cc(Cl)nc1C(F)F. The Morgan fingerprint density at radius 3 is 2.81 bits per heavy atom. The summed E-state index contributed by atoms with van der Waals surface area (Å²) in [5, 5.41) is -0.0201. The van der Waals surface area contributed by atoms with Crippen molar-refractivity contribution in [3.63, 3.8) is 0 Å². The molecule has 0 amide bonds. The number of alkyl halides is 2. The molecule has 0 spiro atoms. The summed E-state index contributed by atoms with van der Waals surface area (Å²) in [7, 11) is 1.20. The third-order valence-electron chi connectivity index (χ3n) is 1.83. The standard InChI is InChI=1S/C9H7ClF2INO2/c1-16-7(15)2-4-5(13)3-6(10)14-8(4)9(11)12/h3,9H,2H2,1H3. The lowest BCUT2D eigenvalue weighted by molar-refractivity contribution is -0.139. The fraction of sp³-hybridized carbons (Fsp3) is 0.333. The van der Waals surface area contributed by atoms with Crippen LogP contribution >= 0.6 is 34.2 Å². The van der Waals surface area contributed by atoms with Crippen LogP contribution in [-0.2, 0) is 16.0 Å². The van der Waals surface area contributed by atoms with Crippen molar-refractivity contribution >= 4 is 40.2 Å². The van der Waals surface area contributed by atoms with E-state index in [1.54, 1.807) is 0 Å². The van der Waals surface area contributed by atoms with Crippen molar-refractivity contribution in [1.82, 2.24) is 4.98 Å². The number of pyridine rings is 1. The molecule has 0 saturated heterocycles. The Morgan fingerprint density at radius 2 is 2.31 bits per heavy atom. The van der Waals surface area contributed by atoms with Crippen LogP contribution in [0.1, 0.15) is 17.7 Å².